The molecule has 5 nitrogen and oxygen atoms in total. The Morgan fingerprint density at radius 2 is 2.33 bits per heavy atom. The second-order valence-electron chi connectivity index (χ2n) is 3.49. The smallest absolute Gasteiger partial charge is 0.255 e. The second-order valence-corrected chi connectivity index (χ2v) is 4.54. The maximum atomic E-state index is 10.7. The van der Waals surface area contributed by atoms with E-state index in [0.29, 0.717) is 16.4 Å². The van der Waals surface area contributed by atoms with Gasteiger partial charge in [-0.05, 0) is 18.2 Å². The van der Waals surface area contributed by atoms with Crippen molar-refractivity contribution in [1.29, 1.82) is 5.26 Å². The number of nitrogens with two attached hydrogens (primary N) is 1. The Morgan fingerprint density at radius 1 is 1.56 bits per heavy atom. The molecule has 0 aliphatic rings. The van der Waals surface area contributed by atoms with Crippen LogP contribution in [0.2, 0.25) is 0 Å². The van der Waals surface area contributed by atoms with Crippen LogP contribution < -0.4 is 15.2 Å². The summed E-state index contributed by atoms with van der Waals surface area (Å²) in [6, 6.07) is 7.43. The summed E-state index contributed by atoms with van der Waals surface area (Å²) >= 11 is 1.29. The molecule has 0 atom stereocenters. The van der Waals surface area contributed by atoms with E-state index in [4.69, 9.17) is 20.5 Å². The molecule has 0 bridgehead atoms. The van der Waals surface area contributed by atoms with Gasteiger partial charge < -0.3 is 15.2 Å². The van der Waals surface area contributed by atoms with Crippen LogP contribution in [0.15, 0.2) is 18.2 Å². The van der Waals surface area contributed by atoms with Crippen LogP contribution in [0, 0.1) is 11.3 Å². The Bertz CT molecular complexity index is 643. The van der Waals surface area contributed by atoms with Crippen molar-refractivity contribution in [2.24, 2.45) is 5.73 Å². The third kappa shape index (κ3) is 2.21. The van der Waals surface area contributed by atoms with Crippen molar-refractivity contribution < 1.29 is 14.3 Å². The number of hydrogen-bond acceptors (Lipinski definition) is 5. The van der Waals surface area contributed by atoms with Gasteiger partial charge in [0.15, 0.2) is 12.4 Å². The lowest BCUT2D eigenvalue weighted by molar-refractivity contribution is -0.119. The monoisotopic (exact) mass is 262 g/mol. The lowest BCUT2D eigenvalue weighted by Gasteiger charge is -2.03. The van der Waals surface area contributed by atoms with Crippen molar-refractivity contribution in [3.63, 3.8) is 0 Å². The molecule has 18 heavy (non-hydrogen) atoms. The standard InChI is InChI=1S/C12H10N2O3S/c1-16-7-2-3-8-9(4-7)18-10(5-13)12(8)17-6-11(14)15/h2-4H,6H2,1H3,(H2,14,15). The SMILES string of the molecule is COc1ccc2c(OCC(N)=O)c(C#N)sc2c1. The maximum absolute atomic E-state index is 10.7. The third-order valence-corrected chi connectivity index (χ3v) is 3.35. The van der Waals surface area contributed by atoms with Crippen LogP contribution in [-0.4, -0.2) is 19.6 Å². The minimum atomic E-state index is -0.577. The van der Waals surface area contributed by atoms with E-state index in [0.717, 1.165) is 10.1 Å². The van der Waals surface area contributed by atoms with Gasteiger partial charge in [0.05, 0.1) is 7.11 Å². The zero-order chi connectivity index (χ0) is 13.1. The molecule has 0 fully saturated rings. The summed E-state index contributed by atoms with van der Waals surface area (Å²) in [5, 5.41) is 9.82. The minimum absolute atomic E-state index is 0.244. The number of fused-ring (bicyclic) bond motifs is 1. The van der Waals surface area contributed by atoms with Gasteiger partial charge in [0.1, 0.15) is 16.7 Å². The lowest BCUT2D eigenvalue weighted by Crippen LogP contribution is -2.20. The zero-order valence-electron chi connectivity index (χ0n) is 9.60. The number of nitrogens with zero attached hydrogens (tertiary/aromatic N) is 1. The predicted molar refractivity (Wildman–Crippen MR) is 67.8 cm³/mol. The van der Waals surface area contributed by atoms with Gasteiger partial charge in [0.25, 0.3) is 5.91 Å². The van der Waals surface area contributed by atoms with Gasteiger partial charge in [-0.3, -0.25) is 4.79 Å². The molecule has 1 aromatic carbocycles. The molecule has 2 rings (SSSR count). The highest BCUT2D eigenvalue weighted by molar-refractivity contribution is 7.20. The van der Waals surface area contributed by atoms with Crippen molar-refractivity contribution in [2.45, 2.75) is 0 Å². The zero-order valence-corrected chi connectivity index (χ0v) is 10.4. The molecule has 0 aliphatic carbocycles. The number of benzene rings is 1. The first-order valence-corrected chi connectivity index (χ1v) is 5.89. The predicted octanol–water partition coefficient (Wildman–Crippen LogP) is 1.65. The molecule has 2 N–H and O–H groups in total. The van der Waals surface area contributed by atoms with Crippen LogP contribution in [0.3, 0.4) is 0 Å². The molecule has 0 saturated heterocycles. The van der Waals surface area contributed by atoms with E-state index in [1.54, 1.807) is 19.2 Å². The Kier molecular flexibility index (Phi) is 3.35. The summed E-state index contributed by atoms with van der Waals surface area (Å²) in [7, 11) is 1.57. The number of rotatable bonds is 4. The van der Waals surface area contributed by atoms with Gasteiger partial charge in [-0.2, -0.15) is 5.26 Å². The molecule has 1 aromatic heterocycles. The van der Waals surface area contributed by atoms with Crippen LogP contribution >= 0.6 is 11.3 Å². The molecule has 0 aliphatic heterocycles. The molecule has 92 valence electrons. The maximum Gasteiger partial charge on any atom is 0.255 e. The number of primary amides is 1. The quantitative estimate of drug-likeness (QED) is 0.907. The van der Waals surface area contributed by atoms with E-state index in [1.807, 2.05) is 12.1 Å². The van der Waals surface area contributed by atoms with Crippen LogP contribution in [0.5, 0.6) is 11.5 Å². The summed E-state index contributed by atoms with van der Waals surface area (Å²) in [5.41, 5.74) is 5.03. The molecular weight excluding hydrogens is 252 g/mol. The second kappa shape index (κ2) is 4.94. The summed E-state index contributed by atoms with van der Waals surface area (Å²) in [5.74, 6) is 0.528. The average Bonchev–Trinajstić information content (AvgIpc) is 2.72. The highest BCUT2D eigenvalue weighted by atomic mass is 32.1. The number of methoxy groups -OCH3 is 1. The van der Waals surface area contributed by atoms with Gasteiger partial charge in [0.2, 0.25) is 0 Å². The highest BCUT2D eigenvalue weighted by Gasteiger charge is 2.14. The molecular formula is C12H10N2O3S. The van der Waals surface area contributed by atoms with Gasteiger partial charge >= 0.3 is 0 Å². The fourth-order valence-corrected chi connectivity index (χ4v) is 2.51. The molecule has 0 radical (unpaired) electrons. The van der Waals surface area contributed by atoms with Gasteiger partial charge in [-0.15, -0.1) is 11.3 Å². The fourth-order valence-electron chi connectivity index (χ4n) is 1.54. The summed E-state index contributed by atoms with van der Waals surface area (Å²) in [4.78, 5) is 11.1. The third-order valence-electron chi connectivity index (χ3n) is 2.31. The Balaban J connectivity index is 2.49. The molecule has 2 aromatic rings. The summed E-state index contributed by atoms with van der Waals surface area (Å²) in [6.07, 6.45) is 0. The minimum Gasteiger partial charge on any atom is -0.497 e. The largest absolute Gasteiger partial charge is 0.497 e. The van der Waals surface area contributed by atoms with Crippen LogP contribution in [0.4, 0.5) is 0 Å². The first kappa shape index (κ1) is 12.2. The lowest BCUT2D eigenvalue weighted by atomic mass is 10.2. The fraction of sp³-hybridized carbons (Fsp3) is 0.167. The number of hydrogen-bond donors (Lipinski definition) is 1. The van der Waals surface area contributed by atoms with Gasteiger partial charge in [0, 0.05) is 10.1 Å². The van der Waals surface area contributed by atoms with E-state index in [1.165, 1.54) is 11.3 Å². The van der Waals surface area contributed by atoms with Crippen LogP contribution in [0.25, 0.3) is 10.1 Å². The van der Waals surface area contributed by atoms with E-state index in [-0.39, 0.29) is 6.61 Å². The number of thiophene rings is 1. The van der Waals surface area contributed by atoms with E-state index in [2.05, 4.69) is 0 Å². The van der Waals surface area contributed by atoms with Gasteiger partial charge in [-0.1, -0.05) is 0 Å². The van der Waals surface area contributed by atoms with Crippen molar-refractivity contribution in [1.82, 2.24) is 0 Å². The number of nitriles is 1. The Hall–Kier alpha value is -2.26. The summed E-state index contributed by atoms with van der Waals surface area (Å²) < 4.78 is 11.3. The first-order chi connectivity index (χ1) is 8.65. The highest BCUT2D eigenvalue weighted by Crippen LogP contribution is 2.38. The topological polar surface area (TPSA) is 85.3 Å². The van der Waals surface area contributed by atoms with Crippen molar-refractivity contribution in [3.8, 4) is 17.6 Å². The normalized spacial score (nSPS) is 10.0. The van der Waals surface area contributed by atoms with E-state index >= 15 is 0 Å². The number of carbonyl (C=O) groups excluding carboxylic acids is 1. The molecule has 6 heteroatoms. The Labute approximate surface area is 107 Å². The van der Waals surface area contributed by atoms with E-state index in [9.17, 15) is 4.79 Å². The van der Waals surface area contributed by atoms with Crippen molar-refractivity contribution >= 4 is 27.3 Å². The number of carbonyl (C=O) groups is 1. The van der Waals surface area contributed by atoms with Gasteiger partial charge in [-0.25, -0.2) is 0 Å². The number of amides is 1. The summed E-state index contributed by atoms with van der Waals surface area (Å²) in [6.45, 7) is -0.244. The Morgan fingerprint density at radius 3 is 2.94 bits per heavy atom. The molecule has 0 spiro atoms. The van der Waals surface area contributed by atoms with Crippen LogP contribution in [-0.2, 0) is 4.79 Å². The molecule has 0 unspecified atom stereocenters. The van der Waals surface area contributed by atoms with Crippen molar-refractivity contribution in [3.05, 3.63) is 23.1 Å². The molecule has 1 amide bonds. The molecule has 0 saturated carbocycles. The van der Waals surface area contributed by atoms with E-state index < -0.39 is 5.91 Å². The first-order valence-electron chi connectivity index (χ1n) is 5.07. The molecule has 1 heterocycles. The van der Waals surface area contributed by atoms with Crippen molar-refractivity contribution in [2.75, 3.05) is 13.7 Å². The average molecular weight is 262 g/mol. The van der Waals surface area contributed by atoms with Crippen LogP contribution in [0.1, 0.15) is 4.88 Å². The number of ether oxygens (including phenoxy) is 2.